The predicted molar refractivity (Wildman–Crippen MR) is 85.7 cm³/mol. The molecule has 0 aliphatic heterocycles. The van der Waals surface area contributed by atoms with E-state index >= 15 is 0 Å². The van der Waals surface area contributed by atoms with Crippen molar-refractivity contribution in [2.75, 3.05) is 5.32 Å². The van der Waals surface area contributed by atoms with Gasteiger partial charge in [-0.3, -0.25) is 4.79 Å². The Morgan fingerprint density at radius 3 is 2.29 bits per heavy atom. The summed E-state index contributed by atoms with van der Waals surface area (Å²) in [6.07, 6.45) is 1.79. The Morgan fingerprint density at radius 2 is 1.76 bits per heavy atom. The third-order valence-electron chi connectivity index (χ3n) is 2.82. The maximum atomic E-state index is 11.0. The highest BCUT2D eigenvalue weighted by atomic mass is 35.5. The summed E-state index contributed by atoms with van der Waals surface area (Å²) in [6, 6.07) is 16.6. The van der Waals surface area contributed by atoms with Crippen LogP contribution in [0, 0.1) is 11.3 Å². The molecule has 1 N–H and O–H groups in total. The van der Waals surface area contributed by atoms with Crippen LogP contribution in [0.2, 0.25) is 5.02 Å². The van der Waals surface area contributed by atoms with Gasteiger partial charge in [0.05, 0.1) is 11.6 Å². The lowest BCUT2D eigenvalue weighted by Gasteiger charge is -2.03. The summed E-state index contributed by atoms with van der Waals surface area (Å²) >= 11 is 5.84. The molecule has 0 unspecified atom stereocenters. The van der Waals surface area contributed by atoms with Crippen molar-refractivity contribution in [2.45, 2.75) is 6.92 Å². The fourth-order valence-corrected chi connectivity index (χ4v) is 1.97. The van der Waals surface area contributed by atoms with Gasteiger partial charge in [-0.1, -0.05) is 35.9 Å². The lowest BCUT2D eigenvalue weighted by atomic mass is 10.0. The molecule has 4 heteroatoms. The molecule has 0 radical (unpaired) electrons. The largest absolute Gasteiger partial charge is 0.326 e. The second kappa shape index (κ2) is 6.74. The lowest BCUT2D eigenvalue weighted by Crippen LogP contribution is -2.05. The maximum absolute atomic E-state index is 11.0. The first-order valence-corrected chi connectivity index (χ1v) is 6.71. The first-order chi connectivity index (χ1) is 10.1. The molecule has 21 heavy (non-hydrogen) atoms. The predicted octanol–water partition coefficient (Wildman–Crippen LogP) is 4.36. The number of hydrogen-bond donors (Lipinski definition) is 1. The zero-order chi connectivity index (χ0) is 15.2. The summed E-state index contributed by atoms with van der Waals surface area (Å²) in [7, 11) is 0. The number of hydrogen-bond acceptors (Lipinski definition) is 2. The molecule has 0 saturated heterocycles. The zero-order valence-electron chi connectivity index (χ0n) is 11.4. The fraction of sp³-hybridized carbons (Fsp3) is 0.0588. The Hall–Kier alpha value is -2.57. The van der Waals surface area contributed by atoms with Gasteiger partial charge in [-0.05, 0) is 41.5 Å². The number of carbonyl (C=O) groups is 1. The van der Waals surface area contributed by atoms with Crippen LogP contribution < -0.4 is 5.32 Å². The highest BCUT2D eigenvalue weighted by molar-refractivity contribution is 6.30. The van der Waals surface area contributed by atoms with Gasteiger partial charge >= 0.3 is 0 Å². The molecule has 2 aromatic carbocycles. The minimum absolute atomic E-state index is 0.114. The van der Waals surface area contributed by atoms with Crippen molar-refractivity contribution in [3.63, 3.8) is 0 Å². The number of nitrogens with zero attached hydrogens (tertiary/aromatic N) is 1. The summed E-state index contributed by atoms with van der Waals surface area (Å²) in [5.41, 5.74) is 2.98. The van der Waals surface area contributed by atoms with Gasteiger partial charge in [-0.15, -0.1) is 0 Å². The van der Waals surface area contributed by atoms with E-state index in [0.717, 1.165) is 16.8 Å². The Balaban J connectivity index is 2.26. The molecule has 2 aromatic rings. The van der Waals surface area contributed by atoms with Gasteiger partial charge in [0.25, 0.3) is 0 Å². The summed E-state index contributed by atoms with van der Waals surface area (Å²) < 4.78 is 0. The fourth-order valence-electron chi connectivity index (χ4n) is 1.84. The van der Waals surface area contributed by atoms with E-state index in [1.165, 1.54) is 6.92 Å². The zero-order valence-corrected chi connectivity index (χ0v) is 12.2. The third-order valence-corrected chi connectivity index (χ3v) is 3.07. The summed E-state index contributed by atoms with van der Waals surface area (Å²) in [5, 5.41) is 12.6. The molecule has 1 amide bonds. The first kappa shape index (κ1) is 14.8. The molecule has 0 fully saturated rings. The number of anilines is 1. The maximum Gasteiger partial charge on any atom is 0.221 e. The standard InChI is InChI=1S/C17H13ClN2O/c1-12(21)20-17-8-2-13(3-9-17)10-15(11-19)14-4-6-16(18)7-5-14/h2-10H,1H3,(H,20,21). The number of allylic oxidation sites excluding steroid dienone is 1. The Kier molecular flexibility index (Phi) is 4.76. The quantitative estimate of drug-likeness (QED) is 0.675. The van der Waals surface area contributed by atoms with Crippen LogP contribution in [-0.2, 0) is 4.79 Å². The minimum atomic E-state index is -0.114. The number of carbonyl (C=O) groups excluding carboxylic acids is 1. The van der Waals surface area contributed by atoms with Crippen LogP contribution in [-0.4, -0.2) is 5.91 Å². The van der Waals surface area contributed by atoms with E-state index in [-0.39, 0.29) is 5.91 Å². The molecule has 0 saturated carbocycles. The number of nitriles is 1. The Bertz CT molecular complexity index is 710. The molecule has 2 rings (SSSR count). The van der Waals surface area contributed by atoms with E-state index in [9.17, 15) is 10.1 Å². The molecule has 0 aromatic heterocycles. The first-order valence-electron chi connectivity index (χ1n) is 6.34. The molecule has 0 aliphatic rings. The molecule has 0 heterocycles. The van der Waals surface area contributed by atoms with Crippen LogP contribution in [0.4, 0.5) is 5.69 Å². The highest BCUT2D eigenvalue weighted by Crippen LogP contribution is 2.20. The third kappa shape index (κ3) is 4.20. The number of benzene rings is 2. The number of halogens is 1. The van der Waals surface area contributed by atoms with Crippen molar-refractivity contribution in [2.24, 2.45) is 0 Å². The van der Waals surface area contributed by atoms with Crippen LogP contribution in [0.15, 0.2) is 48.5 Å². The smallest absolute Gasteiger partial charge is 0.221 e. The van der Waals surface area contributed by atoms with E-state index in [4.69, 9.17) is 11.6 Å². The second-order valence-corrected chi connectivity index (χ2v) is 4.92. The van der Waals surface area contributed by atoms with Gasteiger partial charge in [0.2, 0.25) is 5.91 Å². The molecule has 104 valence electrons. The van der Waals surface area contributed by atoms with E-state index < -0.39 is 0 Å². The summed E-state index contributed by atoms with van der Waals surface area (Å²) in [6.45, 7) is 1.46. The average molecular weight is 297 g/mol. The number of nitrogens with one attached hydrogen (secondary N) is 1. The van der Waals surface area contributed by atoms with Gasteiger partial charge in [0.15, 0.2) is 0 Å². The van der Waals surface area contributed by atoms with Crippen molar-refractivity contribution < 1.29 is 4.79 Å². The van der Waals surface area contributed by atoms with Gasteiger partial charge in [-0.2, -0.15) is 5.26 Å². The highest BCUT2D eigenvalue weighted by Gasteiger charge is 2.01. The number of amides is 1. The molecule has 0 bridgehead atoms. The Labute approximate surface area is 128 Å². The van der Waals surface area contributed by atoms with Gasteiger partial charge in [-0.25, -0.2) is 0 Å². The van der Waals surface area contributed by atoms with E-state index in [1.54, 1.807) is 30.3 Å². The average Bonchev–Trinajstić information content (AvgIpc) is 2.47. The lowest BCUT2D eigenvalue weighted by molar-refractivity contribution is -0.114. The van der Waals surface area contributed by atoms with Gasteiger partial charge < -0.3 is 5.32 Å². The monoisotopic (exact) mass is 296 g/mol. The van der Waals surface area contributed by atoms with Crippen molar-refractivity contribution in [3.8, 4) is 6.07 Å². The van der Waals surface area contributed by atoms with E-state index in [2.05, 4.69) is 11.4 Å². The van der Waals surface area contributed by atoms with Crippen molar-refractivity contribution in [3.05, 3.63) is 64.7 Å². The SMILES string of the molecule is CC(=O)Nc1ccc(C=C(C#N)c2ccc(Cl)cc2)cc1. The topological polar surface area (TPSA) is 52.9 Å². The number of rotatable bonds is 3. The molecule has 0 aliphatic carbocycles. The summed E-state index contributed by atoms with van der Waals surface area (Å²) in [4.78, 5) is 11.0. The molecule has 3 nitrogen and oxygen atoms in total. The molecular formula is C17H13ClN2O. The van der Waals surface area contributed by atoms with Crippen LogP contribution in [0.1, 0.15) is 18.1 Å². The van der Waals surface area contributed by atoms with Crippen molar-refractivity contribution in [1.29, 1.82) is 5.26 Å². The van der Waals surface area contributed by atoms with Crippen LogP contribution in [0.5, 0.6) is 0 Å². The van der Waals surface area contributed by atoms with E-state index in [0.29, 0.717) is 10.6 Å². The minimum Gasteiger partial charge on any atom is -0.326 e. The normalized spacial score (nSPS) is 10.8. The van der Waals surface area contributed by atoms with Gasteiger partial charge in [0.1, 0.15) is 0 Å². The molecule has 0 spiro atoms. The van der Waals surface area contributed by atoms with E-state index in [1.807, 2.05) is 24.3 Å². The molecular weight excluding hydrogens is 284 g/mol. The van der Waals surface area contributed by atoms with Crippen LogP contribution in [0.25, 0.3) is 11.6 Å². The van der Waals surface area contributed by atoms with Crippen molar-refractivity contribution >= 4 is 34.8 Å². The van der Waals surface area contributed by atoms with Crippen molar-refractivity contribution in [1.82, 2.24) is 0 Å². The van der Waals surface area contributed by atoms with Gasteiger partial charge in [0, 0.05) is 17.6 Å². The molecule has 0 atom stereocenters. The van der Waals surface area contributed by atoms with Crippen LogP contribution >= 0.6 is 11.6 Å². The second-order valence-electron chi connectivity index (χ2n) is 4.48. The summed E-state index contributed by atoms with van der Waals surface area (Å²) in [5.74, 6) is -0.114. The van der Waals surface area contributed by atoms with Crippen LogP contribution in [0.3, 0.4) is 0 Å². The Morgan fingerprint density at radius 1 is 1.14 bits per heavy atom.